The van der Waals surface area contributed by atoms with E-state index in [0.717, 1.165) is 11.2 Å². The van der Waals surface area contributed by atoms with E-state index in [1.165, 1.54) is 6.07 Å². The van der Waals surface area contributed by atoms with E-state index in [2.05, 4.69) is 9.97 Å². The molecule has 1 amide bonds. The Kier molecular flexibility index (Phi) is 3.00. The number of aromatic nitrogens is 2. The van der Waals surface area contributed by atoms with Gasteiger partial charge in [0.15, 0.2) is 0 Å². The number of anilines is 1. The molecule has 9 heteroatoms. The first-order chi connectivity index (χ1) is 7.88. The van der Waals surface area contributed by atoms with Gasteiger partial charge in [0.2, 0.25) is 5.91 Å². The Bertz CT molecular complexity index is 565. The molecule has 1 atom stereocenters. The number of hydrogen-bond acceptors (Lipinski definition) is 5. The summed E-state index contributed by atoms with van der Waals surface area (Å²) in [4.78, 5) is 20.0. The Hall–Kier alpha value is -1.28. The Morgan fingerprint density at radius 3 is 2.71 bits per heavy atom. The highest BCUT2D eigenvalue weighted by atomic mass is 35.5. The van der Waals surface area contributed by atoms with Gasteiger partial charge in [-0.3, -0.25) is 9.69 Å². The van der Waals surface area contributed by atoms with Gasteiger partial charge in [-0.05, 0) is 0 Å². The van der Waals surface area contributed by atoms with E-state index in [1.54, 1.807) is 0 Å². The summed E-state index contributed by atoms with van der Waals surface area (Å²) in [6.45, 7) is -0.259. The second kappa shape index (κ2) is 4.19. The standard InChI is InChI=1S/C8H7ClFN3O3S/c9-6-2-7(12-4-11-6)13-3-5(1-8(13)14)17(10,15)16/h2,4-5H,1,3H2. The molecule has 1 unspecified atom stereocenters. The fourth-order valence-corrected chi connectivity index (χ4v) is 2.37. The van der Waals surface area contributed by atoms with E-state index >= 15 is 0 Å². The molecule has 6 nitrogen and oxygen atoms in total. The van der Waals surface area contributed by atoms with Crippen LogP contribution in [-0.2, 0) is 15.0 Å². The van der Waals surface area contributed by atoms with Gasteiger partial charge in [0, 0.05) is 19.0 Å². The van der Waals surface area contributed by atoms with E-state index < -0.39 is 21.4 Å². The minimum Gasteiger partial charge on any atom is -0.295 e. The summed E-state index contributed by atoms with van der Waals surface area (Å²) >= 11 is 5.62. The molecule has 0 radical (unpaired) electrons. The van der Waals surface area contributed by atoms with Crippen LogP contribution in [0, 0.1) is 0 Å². The van der Waals surface area contributed by atoms with E-state index in [0.29, 0.717) is 0 Å². The van der Waals surface area contributed by atoms with Gasteiger partial charge < -0.3 is 0 Å². The van der Waals surface area contributed by atoms with Crippen LogP contribution in [0.2, 0.25) is 5.15 Å². The fraction of sp³-hybridized carbons (Fsp3) is 0.375. The Morgan fingerprint density at radius 1 is 1.47 bits per heavy atom. The van der Waals surface area contributed by atoms with Crippen molar-refractivity contribution in [2.24, 2.45) is 0 Å². The molecular weight excluding hydrogens is 273 g/mol. The average molecular weight is 280 g/mol. The van der Waals surface area contributed by atoms with Crippen molar-refractivity contribution in [3.63, 3.8) is 0 Å². The number of rotatable bonds is 2. The van der Waals surface area contributed by atoms with Crippen molar-refractivity contribution in [2.45, 2.75) is 11.7 Å². The molecule has 1 saturated heterocycles. The molecule has 2 heterocycles. The predicted octanol–water partition coefficient (Wildman–Crippen LogP) is 0.535. The van der Waals surface area contributed by atoms with Crippen LogP contribution in [0.25, 0.3) is 0 Å². The van der Waals surface area contributed by atoms with Crippen LogP contribution >= 0.6 is 11.6 Å². The molecule has 2 rings (SSSR count). The predicted molar refractivity (Wildman–Crippen MR) is 57.8 cm³/mol. The highest BCUT2D eigenvalue weighted by molar-refractivity contribution is 7.87. The summed E-state index contributed by atoms with van der Waals surface area (Å²) in [6.07, 6.45) is 0.753. The van der Waals surface area contributed by atoms with Crippen LogP contribution in [0.4, 0.5) is 9.70 Å². The van der Waals surface area contributed by atoms with Crippen molar-refractivity contribution in [3.05, 3.63) is 17.5 Å². The molecule has 0 N–H and O–H groups in total. The van der Waals surface area contributed by atoms with Crippen molar-refractivity contribution in [1.29, 1.82) is 0 Å². The molecular formula is C8H7ClFN3O3S. The maximum Gasteiger partial charge on any atom is 0.307 e. The average Bonchev–Trinajstić information content (AvgIpc) is 2.60. The molecule has 1 aliphatic rings. The lowest BCUT2D eigenvalue weighted by molar-refractivity contribution is -0.117. The molecule has 1 aromatic heterocycles. The van der Waals surface area contributed by atoms with Crippen molar-refractivity contribution in [3.8, 4) is 0 Å². The maximum atomic E-state index is 12.8. The van der Waals surface area contributed by atoms with Gasteiger partial charge >= 0.3 is 10.2 Å². The molecule has 1 fully saturated rings. The van der Waals surface area contributed by atoms with Crippen molar-refractivity contribution < 1.29 is 17.1 Å². The number of halogens is 2. The third-order valence-corrected chi connectivity index (χ3v) is 3.70. The summed E-state index contributed by atoms with van der Waals surface area (Å²) in [5.41, 5.74) is 0. The topological polar surface area (TPSA) is 80.2 Å². The first-order valence-corrected chi connectivity index (χ1v) is 6.42. The SMILES string of the molecule is O=C1CC(S(=O)(=O)F)CN1c1cc(Cl)ncn1. The summed E-state index contributed by atoms with van der Waals surface area (Å²) < 4.78 is 34.2. The first kappa shape index (κ1) is 12.2. The first-order valence-electron chi connectivity index (χ1n) is 4.59. The van der Waals surface area contributed by atoms with Crippen molar-refractivity contribution >= 4 is 33.5 Å². The number of carbonyl (C=O) groups is 1. The zero-order chi connectivity index (χ0) is 12.6. The summed E-state index contributed by atoms with van der Waals surface area (Å²) in [6, 6.07) is 1.31. The van der Waals surface area contributed by atoms with Crippen molar-refractivity contribution in [1.82, 2.24) is 9.97 Å². The molecule has 0 saturated carbocycles. The van der Waals surface area contributed by atoms with Gasteiger partial charge in [-0.1, -0.05) is 11.6 Å². The third-order valence-electron chi connectivity index (χ3n) is 2.38. The smallest absolute Gasteiger partial charge is 0.295 e. The lowest BCUT2D eigenvalue weighted by Gasteiger charge is -2.14. The van der Waals surface area contributed by atoms with E-state index in [-0.39, 0.29) is 23.9 Å². The van der Waals surface area contributed by atoms with Gasteiger partial charge in [-0.15, -0.1) is 3.89 Å². The number of hydrogen-bond donors (Lipinski definition) is 0. The normalized spacial score (nSPS) is 20.9. The van der Waals surface area contributed by atoms with Gasteiger partial charge in [0.05, 0.1) is 0 Å². The molecule has 1 aliphatic heterocycles. The largest absolute Gasteiger partial charge is 0.307 e. The zero-order valence-electron chi connectivity index (χ0n) is 8.38. The van der Waals surface area contributed by atoms with E-state index in [4.69, 9.17) is 11.6 Å². The summed E-state index contributed by atoms with van der Waals surface area (Å²) in [7, 11) is -4.73. The minimum atomic E-state index is -4.73. The minimum absolute atomic E-state index is 0.120. The van der Waals surface area contributed by atoms with Crippen LogP contribution in [0.5, 0.6) is 0 Å². The van der Waals surface area contributed by atoms with E-state index in [9.17, 15) is 17.1 Å². The van der Waals surface area contributed by atoms with Crippen LogP contribution < -0.4 is 4.90 Å². The molecule has 0 bridgehead atoms. The van der Waals surface area contributed by atoms with Crippen LogP contribution in [0.1, 0.15) is 6.42 Å². The number of carbonyl (C=O) groups excluding carboxylic acids is 1. The Balaban J connectivity index is 2.28. The highest BCUT2D eigenvalue weighted by Gasteiger charge is 2.39. The summed E-state index contributed by atoms with van der Waals surface area (Å²) in [5, 5.41) is -1.22. The molecule has 92 valence electrons. The Labute approximate surface area is 102 Å². The molecule has 17 heavy (non-hydrogen) atoms. The summed E-state index contributed by atoms with van der Waals surface area (Å²) in [5.74, 6) is -0.341. The number of amides is 1. The lowest BCUT2D eigenvalue weighted by Crippen LogP contribution is -2.27. The molecule has 0 aromatic carbocycles. The van der Waals surface area contributed by atoms with E-state index in [1.807, 2.05) is 0 Å². The maximum absolute atomic E-state index is 12.8. The molecule has 0 aliphatic carbocycles. The van der Waals surface area contributed by atoms with Gasteiger partial charge in [0.1, 0.15) is 22.5 Å². The van der Waals surface area contributed by atoms with Crippen LogP contribution in [0.15, 0.2) is 12.4 Å². The quantitative estimate of drug-likeness (QED) is 0.583. The van der Waals surface area contributed by atoms with Gasteiger partial charge in [-0.2, -0.15) is 8.42 Å². The second-order valence-electron chi connectivity index (χ2n) is 3.50. The monoisotopic (exact) mass is 279 g/mol. The molecule has 1 aromatic rings. The molecule has 0 spiro atoms. The van der Waals surface area contributed by atoms with Crippen molar-refractivity contribution in [2.75, 3.05) is 11.4 Å². The number of nitrogens with zero attached hydrogens (tertiary/aromatic N) is 3. The third kappa shape index (κ3) is 2.52. The Morgan fingerprint density at radius 2 is 2.18 bits per heavy atom. The van der Waals surface area contributed by atoms with Gasteiger partial charge in [0.25, 0.3) is 0 Å². The van der Waals surface area contributed by atoms with Crippen LogP contribution in [0.3, 0.4) is 0 Å². The van der Waals surface area contributed by atoms with Gasteiger partial charge in [-0.25, -0.2) is 9.97 Å². The highest BCUT2D eigenvalue weighted by Crippen LogP contribution is 2.25. The zero-order valence-corrected chi connectivity index (χ0v) is 9.95. The lowest BCUT2D eigenvalue weighted by atomic mass is 10.4. The van der Waals surface area contributed by atoms with Crippen LogP contribution in [-0.4, -0.2) is 36.1 Å². The fourth-order valence-electron chi connectivity index (χ4n) is 1.56. The second-order valence-corrected chi connectivity index (χ2v) is 5.51.